The third-order valence-electron chi connectivity index (χ3n) is 4.33. The largest absolute Gasteiger partial charge is 0.377 e. The van der Waals surface area contributed by atoms with E-state index >= 15 is 0 Å². The normalized spacial score (nSPS) is 17.7. The number of benzene rings is 1. The number of hydrogen-bond acceptors (Lipinski definition) is 3. The molecule has 1 aliphatic heterocycles. The molecular formula is C19H25N3O. The maximum absolute atomic E-state index is 5.84. The molecule has 0 aliphatic carbocycles. The van der Waals surface area contributed by atoms with Crippen molar-refractivity contribution >= 4 is 6.20 Å². The Kier molecular flexibility index (Phi) is 5.26. The van der Waals surface area contributed by atoms with Crippen molar-refractivity contribution in [2.24, 2.45) is 0 Å². The van der Waals surface area contributed by atoms with Gasteiger partial charge in [0.2, 0.25) is 0 Å². The maximum Gasteiger partial charge on any atom is 0.0703 e. The molecule has 2 heterocycles. The molecule has 1 unspecified atom stereocenters. The monoisotopic (exact) mass is 311 g/mol. The number of nitrogens with zero attached hydrogens (tertiary/aromatic N) is 3. The van der Waals surface area contributed by atoms with Gasteiger partial charge < -0.3 is 4.74 Å². The van der Waals surface area contributed by atoms with E-state index in [2.05, 4.69) is 60.0 Å². The highest BCUT2D eigenvalue weighted by atomic mass is 16.5. The summed E-state index contributed by atoms with van der Waals surface area (Å²) >= 11 is 0. The van der Waals surface area contributed by atoms with Crippen LogP contribution in [0.1, 0.15) is 29.7 Å². The standard InChI is InChI=1S/C19H25N3O/c1-3-22-14-18(16(2)20-22)13-21(15-19-10-7-11-23-19)12-17-8-5-4-6-9-17/h3-6,8-9,14,19H,1,7,10-13,15H2,2H3. The highest BCUT2D eigenvalue weighted by Crippen LogP contribution is 2.18. The zero-order chi connectivity index (χ0) is 16.1. The van der Waals surface area contributed by atoms with E-state index < -0.39 is 0 Å². The Bertz CT molecular complexity index is 629. The molecule has 0 amide bonds. The van der Waals surface area contributed by atoms with Crippen molar-refractivity contribution in [3.63, 3.8) is 0 Å². The molecule has 0 N–H and O–H groups in total. The molecule has 122 valence electrons. The van der Waals surface area contributed by atoms with Crippen molar-refractivity contribution in [3.8, 4) is 0 Å². The highest BCUT2D eigenvalue weighted by molar-refractivity contribution is 5.23. The van der Waals surface area contributed by atoms with Crippen LogP contribution in [0, 0.1) is 6.92 Å². The lowest BCUT2D eigenvalue weighted by molar-refractivity contribution is 0.0678. The van der Waals surface area contributed by atoms with Gasteiger partial charge in [-0.05, 0) is 25.3 Å². The van der Waals surface area contributed by atoms with Crippen molar-refractivity contribution in [3.05, 3.63) is 59.9 Å². The number of hydrogen-bond donors (Lipinski definition) is 0. The smallest absolute Gasteiger partial charge is 0.0703 e. The number of aromatic nitrogens is 2. The summed E-state index contributed by atoms with van der Waals surface area (Å²) in [5.41, 5.74) is 3.65. The van der Waals surface area contributed by atoms with Gasteiger partial charge in [0, 0.05) is 44.2 Å². The van der Waals surface area contributed by atoms with E-state index in [0.29, 0.717) is 6.10 Å². The lowest BCUT2D eigenvalue weighted by Crippen LogP contribution is -2.31. The number of rotatable bonds is 7. The van der Waals surface area contributed by atoms with Gasteiger partial charge in [-0.25, -0.2) is 4.68 Å². The Hall–Kier alpha value is -1.91. The third-order valence-corrected chi connectivity index (χ3v) is 4.33. The van der Waals surface area contributed by atoms with Crippen LogP contribution in [0.3, 0.4) is 0 Å². The van der Waals surface area contributed by atoms with E-state index in [-0.39, 0.29) is 0 Å². The second-order valence-electron chi connectivity index (χ2n) is 6.19. The topological polar surface area (TPSA) is 30.3 Å². The Morgan fingerprint density at radius 2 is 2.17 bits per heavy atom. The van der Waals surface area contributed by atoms with Crippen LogP contribution in [0.5, 0.6) is 0 Å². The fourth-order valence-electron chi connectivity index (χ4n) is 3.11. The first kappa shape index (κ1) is 16.0. The fraction of sp³-hybridized carbons (Fsp3) is 0.421. The molecular weight excluding hydrogens is 286 g/mol. The zero-order valence-electron chi connectivity index (χ0n) is 13.8. The van der Waals surface area contributed by atoms with Crippen LogP contribution in [0.4, 0.5) is 0 Å². The molecule has 2 aromatic rings. The predicted molar refractivity (Wildman–Crippen MR) is 92.9 cm³/mol. The fourth-order valence-corrected chi connectivity index (χ4v) is 3.11. The van der Waals surface area contributed by atoms with Gasteiger partial charge >= 0.3 is 0 Å². The van der Waals surface area contributed by atoms with Gasteiger partial charge in [-0.15, -0.1) is 0 Å². The number of aryl methyl sites for hydroxylation is 1. The second-order valence-corrected chi connectivity index (χ2v) is 6.19. The first-order valence-electron chi connectivity index (χ1n) is 8.29. The van der Waals surface area contributed by atoms with E-state index in [1.54, 1.807) is 10.9 Å². The SMILES string of the molecule is C=Cn1cc(CN(Cc2ccccc2)CC2CCCO2)c(C)n1. The quantitative estimate of drug-likeness (QED) is 0.784. The Labute approximate surface area is 138 Å². The van der Waals surface area contributed by atoms with Gasteiger partial charge in [-0.2, -0.15) is 5.10 Å². The average molecular weight is 311 g/mol. The van der Waals surface area contributed by atoms with Crippen LogP contribution < -0.4 is 0 Å². The lowest BCUT2D eigenvalue weighted by Gasteiger charge is -2.25. The molecule has 0 bridgehead atoms. The van der Waals surface area contributed by atoms with Crippen molar-refractivity contribution < 1.29 is 4.74 Å². The van der Waals surface area contributed by atoms with E-state index in [9.17, 15) is 0 Å². The molecule has 23 heavy (non-hydrogen) atoms. The Morgan fingerprint density at radius 3 is 2.83 bits per heavy atom. The molecule has 1 aliphatic rings. The summed E-state index contributed by atoms with van der Waals surface area (Å²) in [6.07, 6.45) is 6.50. The first-order valence-corrected chi connectivity index (χ1v) is 8.29. The average Bonchev–Trinajstić information content (AvgIpc) is 3.18. The molecule has 1 aromatic heterocycles. The first-order chi connectivity index (χ1) is 11.2. The molecule has 1 aromatic carbocycles. The molecule has 4 nitrogen and oxygen atoms in total. The molecule has 0 radical (unpaired) electrons. The van der Waals surface area contributed by atoms with Gasteiger partial charge in [0.1, 0.15) is 0 Å². The maximum atomic E-state index is 5.84. The van der Waals surface area contributed by atoms with Gasteiger partial charge in [-0.3, -0.25) is 4.90 Å². The minimum atomic E-state index is 0.355. The Balaban J connectivity index is 1.73. The van der Waals surface area contributed by atoms with Gasteiger partial charge in [0.05, 0.1) is 11.8 Å². The summed E-state index contributed by atoms with van der Waals surface area (Å²) in [6.45, 7) is 9.52. The van der Waals surface area contributed by atoms with Crippen molar-refractivity contribution in [2.45, 2.75) is 39.0 Å². The molecule has 4 heteroatoms. The highest BCUT2D eigenvalue weighted by Gasteiger charge is 2.20. The summed E-state index contributed by atoms with van der Waals surface area (Å²) in [7, 11) is 0. The minimum absolute atomic E-state index is 0.355. The van der Waals surface area contributed by atoms with Gasteiger partial charge in [0.25, 0.3) is 0 Å². The van der Waals surface area contributed by atoms with Crippen molar-refractivity contribution in [1.82, 2.24) is 14.7 Å². The van der Waals surface area contributed by atoms with Crippen LogP contribution in [0.2, 0.25) is 0 Å². The zero-order valence-corrected chi connectivity index (χ0v) is 13.8. The van der Waals surface area contributed by atoms with E-state index in [0.717, 1.165) is 38.4 Å². The van der Waals surface area contributed by atoms with Crippen molar-refractivity contribution in [2.75, 3.05) is 13.2 Å². The molecule has 1 fully saturated rings. The summed E-state index contributed by atoms with van der Waals surface area (Å²) in [6, 6.07) is 10.6. The van der Waals surface area contributed by atoms with Crippen molar-refractivity contribution in [1.29, 1.82) is 0 Å². The molecule has 1 saturated heterocycles. The van der Waals surface area contributed by atoms with Crippen LogP contribution >= 0.6 is 0 Å². The van der Waals surface area contributed by atoms with Crippen LogP contribution in [-0.4, -0.2) is 33.9 Å². The number of ether oxygens (including phenoxy) is 1. The van der Waals surface area contributed by atoms with E-state index in [1.807, 2.05) is 0 Å². The van der Waals surface area contributed by atoms with Crippen LogP contribution in [0.25, 0.3) is 6.20 Å². The third kappa shape index (κ3) is 4.30. The molecule has 3 rings (SSSR count). The molecule has 0 spiro atoms. The van der Waals surface area contributed by atoms with Gasteiger partial charge in [0.15, 0.2) is 0 Å². The van der Waals surface area contributed by atoms with E-state index in [1.165, 1.54) is 17.5 Å². The second kappa shape index (κ2) is 7.57. The summed E-state index contributed by atoms with van der Waals surface area (Å²) in [5, 5.41) is 4.46. The van der Waals surface area contributed by atoms with Gasteiger partial charge in [-0.1, -0.05) is 36.9 Å². The van der Waals surface area contributed by atoms with E-state index in [4.69, 9.17) is 4.74 Å². The predicted octanol–water partition coefficient (Wildman–Crippen LogP) is 3.47. The van der Waals surface area contributed by atoms with Crippen LogP contribution in [0.15, 0.2) is 43.1 Å². The molecule has 1 atom stereocenters. The summed E-state index contributed by atoms with van der Waals surface area (Å²) in [5.74, 6) is 0. The minimum Gasteiger partial charge on any atom is -0.377 e. The lowest BCUT2D eigenvalue weighted by atomic mass is 10.1. The van der Waals surface area contributed by atoms with Crippen LogP contribution in [-0.2, 0) is 17.8 Å². The molecule has 0 saturated carbocycles. The Morgan fingerprint density at radius 1 is 1.35 bits per heavy atom. The summed E-state index contributed by atoms with van der Waals surface area (Å²) < 4.78 is 7.63. The summed E-state index contributed by atoms with van der Waals surface area (Å²) in [4.78, 5) is 2.46.